The molecule has 2 aromatic heterocycles. The summed E-state index contributed by atoms with van der Waals surface area (Å²) in [5, 5.41) is 3.41. The molecule has 0 saturated heterocycles. The molecule has 0 bridgehead atoms. The summed E-state index contributed by atoms with van der Waals surface area (Å²) >= 11 is 0. The molecule has 24 heavy (non-hydrogen) atoms. The Balaban J connectivity index is 2.05. The minimum atomic E-state index is -3.32. The van der Waals surface area contributed by atoms with Crippen LogP contribution in [0.25, 0.3) is 5.69 Å². The van der Waals surface area contributed by atoms with E-state index in [0.29, 0.717) is 0 Å². The molecule has 2 heterocycles. The summed E-state index contributed by atoms with van der Waals surface area (Å²) in [4.78, 5) is 8.57. The van der Waals surface area contributed by atoms with E-state index in [4.69, 9.17) is 0 Å². The Labute approximate surface area is 141 Å². The normalized spacial score (nSPS) is 11.5. The zero-order valence-corrected chi connectivity index (χ0v) is 14.5. The monoisotopic (exact) mass is 342 g/mol. The second kappa shape index (κ2) is 6.09. The average molecular weight is 342 g/mol. The molecule has 0 radical (unpaired) electrons. The fraction of sp³-hybridized carbons (Fsp3) is 0.176. The van der Waals surface area contributed by atoms with Crippen LogP contribution in [-0.2, 0) is 9.84 Å². The second-order valence-electron chi connectivity index (χ2n) is 5.55. The highest BCUT2D eigenvalue weighted by Crippen LogP contribution is 2.26. The first-order chi connectivity index (χ1) is 11.4. The van der Waals surface area contributed by atoms with E-state index in [1.54, 1.807) is 12.3 Å². The zero-order valence-electron chi connectivity index (χ0n) is 13.7. The van der Waals surface area contributed by atoms with Crippen LogP contribution in [-0.4, -0.2) is 29.2 Å². The van der Waals surface area contributed by atoms with Crippen LogP contribution in [0.2, 0.25) is 0 Å². The molecule has 3 rings (SSSR count). The van der Waals surface area contributed by atoms with Gasteiger partial charge in [-0.1, -0.05) is 18.2 Å². The fourth-order valence-electron chi connectivity index (χ4n) is 2.51. The fourth-order valence-corrected chi connectivity index (χ4v) is 3.07. The summed E-state index contributed by atoms with van der Waals surface area (Å²) < 4.78 is 25.0. The van der Waals surface area contributed by atoms with E-state index >= 15 is 0 Å². The van der Waals surface area contributed by atoms with Crippen molar-refractivity contribution in [2.45, 2.75) is 18.9 Å². The Morgan fingerprint density at radius 3 is 2.33 bits per heavy atom. The zero-order chi connectivity index (χ0) is 17.3. The molecular weight excluding hydrogens is 324 g/mol. The molecule has 0 saturated carbocycles. The van der Waals surface area contributed by atoms with E-state index in [2.05, 4.69) is 15.3 Å². The molecule has 0 fully saturated rings. The van der Waals surface area contributed by atoms with Gasteiger partial charge in [0.2, 0.25) is 0 Å². The molecule has 0 aliphatic rings. The number of para-hydroxylation sites is 1. The lowest BCUT2D eigenvalue weighted by Gasteiger charge is -2.13. The van der Waals surface area contributed by atoms with Gasteiger partial charge < -0.3 is 5.32 Å². The van der Waals surface area contributed by atoms with Gasteiger partial charge in [-0.15, -0.1) is 0 Å². The number of nitrogens with one attached hydrogen (secondary N) is 1. The van der Waals surface area contributed by atoms with Gasteiger partial charge >= 0.3 is 0 Å². The first kappa shape index (κ1) is 16.2. The topological polar surface area (TPSA) is 76.9 Å². The number of rotatable bonds is 4. The van der Waals surface area contributed by atoms with Crippen LogP contribution >= 0.6 is 0 Å². The number of hydrogen-bond donors (Lipinski definition) is 1. The highest BCUT2D eigenvalue weighted by atomic mass is 32.2. The lowest BCUT2D eigenvalue weighted by Crippen LogP contribution is -2.06. The summed E-state index contributed by atoms with van der Waals surface area (Å²) in [5.41, 5.74) is 2.55. The Kier molecular flexibility index (Phi) is 4.11. The van der Waals surface area contributed by atoms with Gasteiger partial charge in [-0.25, -0.2) is 18.4 Å². The number of sulfone groups is 1. The van der Waals surface area contributed by atoms with Crippen LogP contribution in [0.1, 0.15) is 11.5 Å². The van der Waals surface area contributed by atoms with Crippen molar-refractivity contribution < 1.29 is 8.42 Å². The molecular formula is C17H18N4O2S. The molecule has 0 aliphatic heterocycles. The van der Waals surface area contributed by atoms with Crippen molar-refractivity contribution in [1.82, 2.24) is 14.5 Å². The van der Waals surface area contributed by atoms with Gasteiger partial charge in [-0.2, -0.15) is 0 Å². The SMILES string of the molecule is Cc1nc(C)n(-c2ccc(S(C)(=O)=O)nc2)c1Nc1ccccc1. The maximum Gasteiger partial charge on any atom is 0.192 e. The van der Waals surface area contributed by atoms with Crippen molar-refractivity contribution in [1.29, 1.82) is 0 Å². The maximum atomic E-state index is 11.6. The highest BCUT2D eigenvalue weighted by Gasteiger charge is 2.15. The number of imidazole rings is 1. The predicted octanol–water partition coefficient (Wildman–Crippen LogP) is 3.03. The van der Waals surface area contributed by atoms with Crippen LogP contribution in [0.4, 0.5) is 11.5 Å². The molecule has 6 nitrogen and oxygen atoms in total. The lowest BCUT2D eigenvalue weighted by molar-refractivity contribution is 0.598. The largest absolute Gasteiger partial charge is 0.340 e. The lowest BCUT2D eigenvalue weighted by atomic mass is 10.3. The molecule has 7 heteroatoms. The number of anilines is 2. The Morgan fingerprint density at radius 2 is 1.75 bits per heavy atom. The van der Waals surface area contributed by atoms with Gasteiger partial charge in [-0.05, 0) is 38.1 Å². The average Bonchev–Trinajstić information content (AvgIpc) is 2.81. The summed E-state index contributed by atoms with van der Waals surface area (Å²) in [6.07, 6.45) is 2.69. The van der Waals surface area contributed by atoms with Crippen LogP contribution in [0.3, 0.4) is 0 Å². The van der Waals surface area contributed by atoms with Crippen LogP contribution in [0.5, 0.6) is 0 Å². The van der Waals surface area contributed by atoms with Gasteiger partial charge in [0.25, 0.3) is 0 Å². The summed E-state index contributed by atoms with van der Waals surface area (Å²) in [7, 11) is -3.32. The van der Waals surface area contributed by atoms with E-state index in [-0.39, 0.29) is 5.03 Å². The summed E-state index contributed by atoms with van der Waals surface area (Å²) in [6, 6.07) is 13.0. The van der Waals surface area contributed by atoms with Crippen molar-refractivity contribution in [3.05, 3.63) is 60.2 Å². The van der Waals surface area contributed by atoms with E-state index in [9.17, 15) is 8.42 Å². The Morgan fingerprint density at radius 1 is 1.04 bits per heavy atom. The molecule has 0 amide bonds. The van der Waals surface area contributed by atoms with Crippen molar-refractivity contribution in [2.24, 2.45) is 0 Å². The summed E-state index contributed by atoms with van der Waals surface area (Å²) in [5.74, 6) is 1.62. The number of benzene rings is 1. The second-order valence-corrected chi connectivity index (χ2v) is 7.51. The maximum absolute atomic E-state index is 11.6. The standard InChI is InChI=1S/C17H18N4O2S/c1-12-17(20-14-7-5-4-6-8-14)21(13(2)19-12)15-9-10-16(18-11-15)24(3,22)23/h4-11,20H,1-3H3. The minimum Gasteiger partial charge on any atom is -0.340 e. The van der Waals surface area contributed by atoms with Crippen molar-refractivity contribution in [2.75, 3.05) is 11.6 Å². The van der Waals surface area contributed by atoms with E-state index in [1.165, 1.54) is 6.07 Å². The van der Waals surface area contributed by atoms with E-state index in [0.717, 1.165) is 35.0 Å². The first-order valence-electron chi connectivity index (χ1n) is 7.41. The van der Waals surface area contributed by atoms with Crippen LogP contribution < -0.4 is 5.32 Å². The highest BCUT2D eigenvalue weighted by molar-refractivity contribution is 7.90. The van der Waals surface area contributed by atoms with Gasteiger partial charge in [0.05, 0.1) is 17.6 Å². The van der Waals surface area contributed by atoms with Gasteiger partial charge in [0.15, 0.2) is 14.9 Å². The molecule has 1 N–H and O–H groups in total. The molecule has 0 atom stereocenters. The molecule has 1 aromatic carbocycles. The smallest absolute Gasteiger partial charge is 0.192 e. The molecule has 0 unspecified atom stereocenters. The number of hydrogen-bond acceptors (Lipinski definition) is 5. The summed E-state index contributed by atoms with van der Waals surface area (Å²) in [6.45, 7) is 3.82. The Bertz CT molecular complexity index is 962. The number of nitrogens with zero attached hydrogens (tertiary/aromatic N) is 3. The van der Waals surface area contributed by atoms with Crippen LogP contribution in [0.15, 0.2) is 53.7 Å². The van der Waals surface area contributed by atoms with Crippen molar-refractivity contribution in [3.8, 4) is 5.69 Å². The molecule has 3 aromatic rings. The minimum absolute atomic E-state index is 0.0540. The van der Waals surface area contributed by atoms with Crippen molar-refractivity contribution in [3.63, 3.8) is 0 Å². The first-order valence-corrected chi connectivity index (χ1v) is 9.30. The van der Waals surface area contributed by atoms with Gasteiger partial charge in [-0.3, -0.25) is 4.57 Å². The Hall–Kier alpha value is -2.67. The predicted molar refractivity (Wildman–Crippen MR) is 93.7 cm³/mol. The number of pyridine rings is 1. The van der Waals surface area contributed by atoms with Crippen LogP contribution in [0, 0.1) is 13.8 Å². The van der Waals surface area contributed by atoms with Crippen molar-refractivity contribution >= 4 is 21.3 Å². The molecule has 124 valence electrons. The third-order valence-corrected chi connectivity index (χ3v) is 4.62. The number of aryl methyl sites for hydroxylation is 2. The van der Waals surface area contributed by atoms with Gasteiger partial charge in [0.1, 0.15) is 11.6 Å². The van der Waals surface area contributed by atoms with Gasteiger partial charge in [0, 0.05) is 11.9 Å². The third kappa shape index (κ3) is 3.16. The molecule has 0 aliphatic carbocycles. The van der Waals surface area contributed by atoms with E-state index in [1.807, 2.05) is 48.7 Å². The molecule has 0 spiro atoms. The number of aromatic nitrogens is 3. The quantitative estimate of drug-likeness (QED) is 0.788. The van der Waals surface area contributed by atoms with E-state index < -0.39 is 9.84 Å². The third-order valence-electron chi connectivity index (χ3n) is 3.61.